The molecule has 1 aliphatic rings. The van der Waals surface area contributed by atoms with E-state index in [4.69, 9.17) is 17.7 Å². The first-order chi connectivity index (χ1) is 18.8. The standard InChI is InChI=1S/C26H28ClN5O4S2/c1-31-13-5-9-20(31)26(33)28-15-17-6-3-7-18(14-17)16-32-19-8-4-10-21(36-2)24(19)25(29-32)30-38(34,35)23-12-11-22(27)37-23/h3-4,6-8,10-12,14,20H,5,9,13,15-16H2,1-2H3,(H,28,33)(H,29,30)/t20-/m0/s1/i1D. The fourth-order valence-electron chi connectivity index (χ4n) is 4.62. The number of likely N-dealkylation sites (tertiary alicyclic amines) is 1. The van der Waals surface area contributed by atoms with Gasteiger partial charge in [0, 0.05) is 7.92 Å². The van der Waals surface area contributed by atoms with E-state index in [1.165, 1.54) is 19.2 Å². The van der Waals surface area contributed by atoms with Gasteiger partial charge in [-0.3, -0.25) is 19.1 Å². The number of rotatable bonds is 9. The van der Waals surface area contributed by atoms with E-state index in [1.54, 1.807) is 10.7 Å². The number of ether oxygens (including phenoxy) is 1. The number of nitrogens with one attached hydrogen (secondary N) is 2. The van der Waals surface area contributed by atoms with Crippen LogP contribution in [0, 0.1) is 0 Å². The first-order valence-electron chi connectivity index (χ1n) is 12.7. The molecule has 3 heterocycles. The van der Waals surface area contributed by atoms with E-state index >= 15 is 0 Å². The molecule has 2 N–H and O–H groups in total. The number of sulfonamides is 1. The normalized spacial score (nSPS) is 16.5. The second-order valence-electron chi connectivity index (χ2n) is 9.03. The molecule has 1 saturated heterocycles. The van der Waals surface area contributed by atoms with Crippen molar-refractivity contribution in [3.63, 3.8) is 0 Å². The number of amides is 1. The number of hydrogen-bond acceptors (Lipinski definition) is 7. The van der Waals surface area contributed by atoms with Crippen LogP contribution in [-0.2, 0) is 27.9 Å². The lowest BCUT2D eigenvalue weighted by atomic mass is 10.1. The highest BCUT2D eigenvalue weighted by Crippen LogP contribution is 2.35. The largest absolute Gasteiger partial charge is 0.496 e. The van der Waals surface area contributed by atoms with E-state index in [9.17, 15) is 13.2 Å². The Labute approximate surface area is 231 Å². The third-order valence-electron chi connectivity index (χ3n) is 6.46. The van der Waals surface area contributed by atoms with Crippen LogP contribution < -0.4 is 14.8 Å². The fraction of sp³-hybridized carbons (Fsp3) is 0.308. The molecule has 1 amide bonds. The van der Waals surface area contributed by atoms with Crippen molar-refractivity contribution >= 4 is 55.6 Å². The van der Waals surface area contributed by atoms with Crippen LogP contribution in [-0.4, -0.2) is 55.7 Å². The van der Waals surface area contributed by atoms with E-state index in [2.05, 4.69) is 15.1 Å². The van der Waals surface area contributed by atoms with E-state index in [0.29, 0.717) is 34.1 Å². The number of hydrogen-bond donors (Lipinski definition) is 2. The van der Waals surface area contributed by atoms with E-state index in [1.807, 2.05) is 41.3 Å². The summed E-state index contributed by atoms with van der Waals surface area (Å²) in [6.07, 6.45) is 1.69. The van der Waals surface area contributed by atoms with Crippen molar-refractivity contribution in [2.45, 2.75) is 36.2 Å². The van der Waals surface area contributed by atoms with Crippen LogP contribution in [0.15, 0.2) is 58.8 Å². The molecule has 9 nitrogen and oxygen atoms in total. The van der Waals surface area contributed by atoms with Crippen LogP contribution in [0.5, 0.6) is 5.75 Å². The molecule has 1 aliphatic heterocycles. The van der Waals surface area contributed by atoms with Crippen LogP contribution in [0.1, 0.15) is 25.3 Å². The Hall–Kier alpha value is -3.12. The van der Waals surface area contributed by atoms with Crippen LogP contribution >= 0.6 is 22.9 Å². The van der Waals surface area contributed by atoms with Gasteiger partial charge in [-0.15, -0.1) is 11.3 Å². The summed E-state index contributed by atoms with van der Waals surface area (Å²) >= 11 is 6.92. The lowest BCUT2D eigenvalue weighted by molar-refractivity contribution is -0.125. The smallest absolute Gasteiger partial charge is 0.272 e. The first kappa shape index (κ1) is 25.2. The van der Waals surface area contributed by atoms with Gasteiger partial charge in [0.05, 0.1) is 34.9 Å². The number of aromatic nitrogens is 2. The number of thiophene rings is 1. The number of likely N-dealkylation sites (N-methyl/N-ethyl adjacent to an activating group) is 1. The van der Waals surface area contributed by atoms with Gasteiger partial charge < -0.3 is 10.1 Å². The second kappa shape index (κ2) is 10.9. The van der Waals surface area contributed by atoms with Crippen LogP contribution in [0.2, 0.25) is 4.34 Å². The molecule has 38 heavy (non-hydrogen) atoms. The van der Waals surface area contributed by atoms with Gasteiger partial charge in [0.1, 0.15) is 9.96 Å². The van der Waals surface area contributed by atoms with Gasteiger partial charge in [-0.2, -0.15) is 5.10 Å². The van der Waals surface area contributed by atoms with Gasteiger partial charge in [-0.1, -0.05) is 41.9 Å². The average molecular weight is 575 g/mol. The van der Waals surface area contributed by atoms with E-state index < -0.39 is 10.0 Å². The predicted octanol–water partition coefficient (Wildman–Crippen LogP) is 4.32. The molecule has 0 bridgehead atoms. The fourth-order valence-corrected chi connectivity index (χ4v) is 7.11. The summed E-state index contributed by atoms with van der Waals surface area (Å²) in [5.74, 6) is 0.593. The predicted molar refractivity (Wildman–Crippen MR) is 149 cm³/mol. The van der Waals surface area contributed by atoms with Gasteiger partial charge in [0.15, 0.2) is 5.82 Å². The van der Waals surface area contributed by atoms with Crippen LogP contribution in [0.3, 0.4) is 0 Å². The van der Waals surface area contributed by atoms with Gasteiger partial charge in [-0.05, 0) is 61.8 Å². The number of halogens is 1. The van der Waals surface area contributed by atoms with E-state index in [-0.39, 0.29) is 29.0 Å². The molecule has 0 spiro atoms. The third kappa shape index (κ3) is 5.51. The minimum atomic E-state index is -3.91. The summed E-state index contributed by atoms with van der Waals surface area (Å²) in [5, 5.41) is 8.16. The van der Waals surface area contributed by atoms with Crippen molar-refractivity contribution in [3.8, 4) is 5.75 Å². The highest BCUT2D eigenvalue weighted by atomic mass is 35.5. The number of fused-ring (bicyclic) bond motifs is 1. The van der Waals surface area contributed by atoms with Crippen LogP contribution in [0.25, 0.3) is 10.9 Å². The maximum atomic E-state index is 13.0. The molecule has 12 heteroatoms. The lowest BCUT2D eigenvalue weighted by Gasteiger charge is -2.18. The summed E-state index contributed by atoms with van der Waals surface area (Å²) in [4.78, 5) is 14.5. The molecule has 5 rings (SSSR count). The second-order valence-corrected chi connectivity index (χ2v) is 12.7. The molecule has 0 aliphatic carbocycles. The van der Waals surface area contributed by atoms with Gasteiger partial charge in [0.2, 0.25) is 5.91 Å². The molecule has 4 aromatic rings. The number of methoxy groups -OCH3 is 1. The van der Waals surface area contributed by atoms with Crippen molar-refractivity contribution in [3.05, 3.63) is 70.1 Å². The van der Waals surface area contributed by atoms with Crippen molar-refractivity contribution in [1.29, 1.82) is 0 Å². The maximum Gasteiger partial charge on any atom is 0.272 e. The monoisotopic (exact) mass is 574 g/mol. The van der Waals surface area contributed by atoms with Gasteiger partial charge in [0.25, 0.3) is 10.0 Å². The number of carbonyl (C=O) groups excluding carboxylic acids is 1. The Kier molecular flexibility index (Phi) is 7.24. The quantitative estimate of drug-likeness (QED) is 0.308. The molecular formula is C26H28ClN5O4S2. The number of carbonyl (C=O) groups is 1. The van der Waals surface area contributed by atoms with Crippen molar-refractivity contribution in [1.82, 2.24) is 20.0 Å². The minimum absolute atomic E-state index is 0.0562. The zero-order chi connectivity index (χ0) is 27.6. The highest BCUT2D eigenvalue weighted by molar-refractivity contribution is 7.94. The Morgan fingerprint density at radius 1 is 1.24 bits per heavy atom. The Bertz CT molecular complexity index is 1610. The van der Waals surface area contributed by atoms with Crippen molar-refractivity contribution < 1.29 is 19.3 Å². The molecule has 1 atom stereocenters. The van der Waals surface area contributed by atoms with Gasteiger partial charge >= 0.3 is 0 Å². The molecule has 2 aromatic heterocycles. The number of anilines is 1. The maximum absolute atomic E-state index is 13.0. The Balaban J connectivity index is 1.38. The molecule has 0 saturated carbocycles. The lowest BCUT2D eigenvalue weighted by Crippen LogP contribution is -2.41. The molecule has 2 aromatic carbocycles. The first-order valence-corrected chi connectivity index (χ1v) is 14.7. The molecule has 200 valence electrons. The average Bonchev–Trinajstić information content (AvgIpc) is 3.67. The molecule has 0 unspecified atom stereocenters. The molecular weight excluding hydrogens is 546 g/mol. The van der Waals surface area contributed by atoms with Crippen molar-refractivity contribution in [2.24, 2.45) is 0 Å². The summed E-state index contributed by atoms with van der Waals surface area (Å²) in [6.45, 7) is 1.52. The van der Waals surface area contributed by atoms with Gasteiger partial charge in [-0.25, -0.2) is 8.42 Å². The SMILES string of the molecule is [2H]CN1CCC[C@H]1C(=O)NCc1cccc(Cn2nc(NS(=O)(=O)c3ccc(Cl)s3)c3c(OC)cccc32)c1. The van der Waals surface area contributed by atoms with Crippen molar-refractivity contribution in [2.75, 3.05) is 25.4 Å². The summed E-state index contributed by atoms with van der Waals surface area (Å²) in [5.41, 5.74) is 2.56. The molecule has 1 fully saturated rings. The zero-order valence-corrected chi connectivity index (χ0v) is 23.1. The summed E-state index contributed by atoms with van der Waals surface area (Å²) < 4.78 is 44.0. The Morgan fingerprint density at radius 2 is 2.05 bits per heavy atom. The number of nitrogens with zero attached hydrogens (tertiary/aromatic N) is 3. The third-order valence-corrected chi connectivity index (χ3v) is 9.52. The summed E-state index contributed by atoms with van der Waals surface area (Å²) in [7, 11) is -2.26. The van der Waals surface area contributed by atoms with E-state index in [0.717, 1.165) is 41.9 Å². The Morgan fingerprint density at radius 3 is 2.82 bits per heavy atom. The molecule has 0 radical (unpaired) electrons. The van der Waals surface area contributed by atoms with Crippen LogP contribution in [0.4, 0.5) is 5.82 Å². The summed E-state index contributed by atoms with van der Waals surface area (Å²) in [6, 6.07) is 16.0. The topological polar surface area (TPSA) is 106 Å². The minimum Gasteiger partial charge on any atom is -0.496 e. The highest BCUT2D eigenvalue weighted by Gasteiger charge is 2.27. The number of benzene rings is 2. The zero-order valence-electron chi connectivity index (χ0n) is 21.7.